The second kappa shape index (κ2) is 5.20. The summed E-state index contributed by atoms with van der Waals surface area (Å²) < 4.78 is 11.1. The number of fused-ring (bicyclic) bond motifs is 2. The zero-order valence-electron chi connectivity index (χ0n) is 11.3. The van der Waals surface area contributed by atoms with Crippen LogP contribution in [0.4, 0.5) is 5.69 Å². The molecule has 20 heavy (non-hydrogen) atoms. The van der Waals surface area contributed by atoms with Gasteiger partial charge in [0.25, 0.3) is 0 Å². The van der Waals surface area contributed by atoms with E-state index < -0.39 is 0 Å². The van der Waals surface area contributed by atoms with E-state index in [1.165, 1.54) is 25.0 Å². The van der Waals surface area contributed by atoms with Crippen molar-refractivity contribution in [3.8, 4) is 11.5 Å². The van der Waals surface area contributed by atoms with Crippen molar-refractivity contribution in [2.75, 3.05) is 24.3 Å². The Kier molecular flexibility index (Phi) is 3.22. The largest absolute Gasteiger partial charge is 0.486 e. The first kappa shape index (κ1) is 12.4. The normalized spacial score (nSPS) is 27.7. The van der Waals surface area contributed by atoms with E-state index in [1.54, 1.807) is 0 Å². The van der Waals surface area contributed by atoms with Crippen LogP contribution in [0.25, 0.3) is 0 Å². The lowest BCUT2D eigenvalue weighted by Crippen LogP contribution is -2.25. The molecule has 4 rings (SSSR count). The number of benzene rings is 1. The number of nitrogens with zero attached hydrogens (tertiary/aromatic N) is 1. The van der Waals surface area contributed by atoms with Crippen LogP contribution < -0.4 is 14.8 Å². The Hall–Kier alpha value is -1.36. The van der Waals surface area contributed by atoms with Gasteiger partial charge in [-0.15, -0.1) is 0 Å². The summed E-state index contributed by atoms with van der Waals surface area (Å²) in [5.74, 6) is 3.64. The van der Waals surface area contributed by atoms with Gasteiger partial charge in [0.05, 0.1) is 6.04 Å². The van der Waals surface area contributed by atoms with Gasteiger partial charge in [-0.1, -0.05) is 18.2 Å². The molecule has 2 aliphatic heterocycles. The number of hydrogen-bond donors (Lipinski definition) is 1. The highest BCUT2D eigenvalue weighted by Crippen LogP contribution is 2.37. The highest BCUT2D eigenvalue weighted by atomic mass is 32.2. The fourth-order valence-corrected chi connectivity index (χ4v) is 4.23. The fraction of sp³-hybridized carbons (Fsp3) is 0.533. The summed E-state index contributed by atoms with van der Waals surface area (Å²) in [4.78, 5) is 4.85. The predicted octanol–water partition coefficient (Wildman–Crippen LogP) is 3.14. The SMILES string of the molecule is c1cc2c(cc1NC1=NC3CCCC3CS1)OCCO2. The van der Waals surface area contributed by atoms with Crippen LogP contribution in [-0.2, 0) is 0 Å². The molecule has 1 saturated carbocycles. The van der Waals surface area contributed by atoms with Gasteiger partial charge >= 0.3 is 0 Å². The second-order valence-corrected chi connectivity index (χ2v) is 6.50. The first-order valence-electron chi connectivity index (χ1n) is 7.26. The van der Waals surface area contributed by atoms with E-state index in [-0.39, 0.29) is 0 Å². The number of amidine groups is 1. The Labute approximate surface area is 122 Å². The van der Waals surface area contributed by atoms with Crippen molar-refractivity contribution in [1.29, 1.82) is 0 Å². The topological polar surface area (TPSA) is 42.9 Å². The van der Waals surface area contributed by atoms with Gasteiger partial charge in [0.15, 0.2) is 16.7 Å². The van der Waals surface area contributed by atoms with Gasteiger partial charge in [-0.05, 0) is 30.9 Å². The van der Waals surface area contributed by atoms with Crippen molar-refractivity contribution in [1.82, 2.24) is 0 Å². The maximum atomic E-state index is 5.61. The maximum absolute atomic E-state index is 5.61. The molecule has 106 valence electrons. The van der Waals surface area contributed by atoms with E-state index in [2.05, 4.69) is 5.32 Å². The molecule has 0 saturated heterocycles. The number of aliphatic imine (C=N–C) groups is 1. The van der Waals surface area contributed by atoms with Gasteiger partial charge < -0.3 is 14.8 Å². The van der Waals surface area contributed by atoms with Crippen LogP contribution in [0.15, 0.2) is 23.2 Å². The van der Waals surface area contributed by atoms with Crippen molar-refractivity contribution in [2.45, 2.75) is 25.3 Å². The summed E-state index contributed by atoms with van der Waals surface area (Å²) in [6.45, 7) is 1.25. The monoisotopic (exact) mass is 290 g/mol. The van der Waals surface area contributed by atoms with Crippen LogP contribution >= 0.6 is 11.8 Å². The quantitative estimate of drug-likeness (QED) is 0.863. The smallest absolute Gasteiger partial charge is 0.163 e. The van der Waals surface area contributed by atoms with E-state index in [9.17, 15) is 0 Å². The third kappa shape index (κ3) is 2.35. The number of hydrogen-bond acceptors (Lipinski definition) is 5. The number of ether oxygens (including phenoxy) is 2. The van der Waals surface area contributed by atoms with Gasteiger partial charge in [0.1, 0.15) is 13.2 Å². The molecule has 5 heteroatoms. The minimum atomic E-state index is 0.538. The van der Waals surface area contributed by atoms with Crippen LogP contribution in [0.3, 0.4) is 0 Å². The molecule has 1 aromatic rings. The minimum absolute atomic E-state index is 0.538. The average molecular weight is 290 g/mol. The molecule has 0 spiro atoms. The minimum Gasteiger partial charge on any atom is -0.486 e. The molecule has 3 aliphatic rings. The van der Waals surface area contributed by atoms with Crippen LogP contribution in [0, 0.1) is 5.92 Å². The molecule has 2 heterocycles. The summed E-state index contributed by atoms with van der Waals surface area (Å²) in [6.07, 6.45) is 3.92. The number of rotatable bonds is 1. The lowest BCUT2D eigenvalue weighted by Gasteiger charge is -2.24. The van der Waals surface area contributed by atoms with Crippen LogP contribution in [0.1, 0.15) is 19.3 Å². The highest BCUT2D eigenvalue weighted by molar-refractivity contribution is 8.14. The second-order valence-electron chi connectivity index (χ2n) is 5.49. The Morgan fingerprint density at radius 2 is 2.05 bits per heavy atom. The molecule has 2 atom stereocenters. The Morgan fingerprint density at radius 1 is 1.15 bits per heavy atom. The van der Waals surface area contributed by atoms with Crippen LogP contribution in [-0.4, -0.2) is 30.2 Å². The Balaban J connectivity index is 1.51. The van der Waals surface area contributed by atoms with Crippen molar-refractivity contribution in [3.63, 3.8) is 0 Å². The van der Waals surface area contributed by atoms with Crippen LogP contribution in [0.5, 0.6) is 11.5 Å². The highest BCUT2D eigenvalue weighted by Gasteiger charge is 2.31. The summed E-state index contributed by atoms with van der Waals surface area (Å²) >= 11 is 1.84. The summed E-state index contributed by atoms with van der Waals surface area (Å²) in [6, 6.07) is 6.52. The maximum Gasteiger partial charge on any atom is 0.163 e. The zero-order chi connectivity index (χ0) is 13.4. The standard InChI is InChI=1S/C15H18N2O2S/c1-2-10-9-20-15(17-12(10)3-1)16-11-4-5-13-14(8-11)19-7-6-18-13/h4-5,8,10,12H,1-3,6-7,9H2,(H,16,17). The molecule has 2 unspecified atom stereocenters. The Bertz CT molecular complexity index is 547. The molecule has 0 bridgehead atoms. The third-order valence-corrected chi connectivity index (χ3v) is 5.21. The molecule has 1 aromatic carbocycles. The number of anilines is 1. The summed E-state index contributed by atoms with van der Waals surface area (Å²) in [7, 11) is 0. The first-order chi connectivity index (χ1) is 9.88. The van der Waals surface area contributed by atoms with Gasteiger partial charge in [0, 0.05) is 17.5 Å². The third-order valence-electron chi connectivity index (χ3n) is 4.13. The Morgan fingerprint density at radius 3 is 3.00 bits per heavy atom. The zero-order valence-corrected chi connectivity index (χ0v) is 12.1. The van der Waals surface area contributed by atoms with Crippen molar-refractivity contribution < 1.29 is 9.47 Å². The van der Waals surface area contributed by atoms with Gasteiger partial charge in [-0.25, -0.2) is 0 Å². The molecular formula is C15H18N2O2S. The molecule has 0 amide bonds. The van der Waals surface area contributed by atoms with E-state index in [1.807, 2.05) is 30.0 Å². The molecule has 1 fully saturated rings. The fourth-order valence-electron chi connectivity index (χ4n) is 3.07. The molecule has 0 aromatic heterocycles. The van der Waals surface area contributed by atoms with Crippen molar-refractivity contribution in [2.24, 2.45) is 10.9 Å². The van der Waals surface area contributed by atoms with E-state index >= 15 is 0 Å². The van der Waals surface area contributed by atoms with E-state index in [4.69, 9.17) is 14.5 Å². The lowest BCUT2D eigenvalue weighted by atomic mass is 10.1. The number of thioether (sulfide) groups is 1. The van der Waals surface area contributed by atoms with Crippen molar-refractivity contribution >= 4 is 22.6 Å². The van der Waals surface area contributed by atoms with Crippen LogP contribution in [0.2, 0.25) is 0 Å². The molecule has 1 aliphatic carbocycles. The van der Waals surface area contributed by atoms with E-state index in [0.717, 1.165) is 28.3 Å². The number of nitrogens with one attached hydrogen (secondary N) is 1. The molecule has 1 N–H and O–H groups in total. The summed E-state index contributed by atoms with van der Waals surface area (Å²) in [5.41, 5.74) is 1.02. The molecule has 4 nitrogen and oxygen atoms in total. The van der Waals surface area contributed by atoms with Crippen molar-refractivity contribution in [3.05, 3.63) is 18.2 Å². The first-order valence-corrected chi connectivity index (χ1v) is 8.24. The van der Waals surface area contributed by atoms with Gasteiger partial charge in [-0.3, -0.25) is 4.99 Å². The van der Waals surface area contributed by atoms with Gasteiger partial charge in [-0.2, -0.15) is 0 Å². The molecule has 0 radical (unpaired) electrons. The lowest BCUT2D eigenvalue weighted by molar-refractivity contribution is 0.171. The van der Waals surface area contributed by atoms with E-state index in [0.29, 0.717) is 19.3 Å². The average Bonchev–Trinajstić information content (AvgIpc) is 2.95. The van der Waals surface area contributed by atoms with Gasteiger partial charge in [0.2, 0.25) is 0 Å². The summed E-state index contributed by atoms with van der Waals surface area (Å²) in [5, 5.41) is 4.47. The predicted molar refractivity (Wildman–Crippen MR) is 82.1 cm³/mol. The molecular weight excluding hydrogens is 272 g/mol.